The van der Waals surface area contributed by atoms with Gasteiger partial charge in [-0.1, -0.05) is 48.0 Å². The number of benzene rings is 2. The quantitative estimate of drug-likeness (QED) is 0.890. The highest BCUT2D eigenvalue weighted by molar-refractivity contribution is 6.30. The molecule has 2 rings (SSSR count). The van der Waals surface area contributed by atoms with E-state index in [4.69, 9.17) is 11.6 Å². The minimum Gasteiger partial charge on any atom is -0.395 e. The number of aliphatic hydroxyl groups excluding tert-OH is 2. The Balaban J connectivity index is 2.36. The van der Waals surface area contributed by atoms with Gasteiger partial charge in [-0.3, -0.25) is 0 Å². The van der Waals surface area contributed by atoms with E-state index in [2.05, 4.69) is 0 Å². The second-order valence-electron chi connectivity index (χ2n) is 4.89. The summed E-state index contributed by atoms with van der Waals surface area (Å²) in [7, 11) is 0. The predicted molar refractivity (Wildman–Crippen MR) is 77.4 cm³/mol. The fourth-order valence-electron chi connectivity index (χ4n) is 2.28. The first-order valence-electron chi connectivity index (χ1n) is 6.32. The summed E-state index contributed by atoms with van der Waals surface area (Å²) in [6.45, 7) is -0.449. The molecule has 2 aromatic carbocycles. The lowest BCUT2D eigenvalue weighted by Crippen LogP contribution is -2.37. The molecule has 0 aliphatic rings. The maximum absolute atomic E-state index is 13.5. The summed E-state index contributed by atoms with van der Waals surface area (Å²) in [4.78, 5) is 0. The van der Waals surface area contributed by atoms with Crippen molar-refractivity contribution in [1.29, 1.82) is 0 Å². The summed E-state index contributed by atoms with van der Waals surface area (Å²) in [5.41, 5.74) is 0.667. The normalized spacial score (nSPS) is 11.6. The lowest BCUT2D eigenvalue weighted by molar-refractivity contribution is 0.116. The van der Waals surface area contributed by atoms with Crippen LogP contribution in [0.3, 0.4) is 0 Å². The van der Waals surface area contributed by atoms with Crippen molar-refractivity contribution in [3.63, 3.8) is 0 Å². The van der Waals surface area contributed by atoms with Crippen molar-refractivity contribution in [3.05, 3.63) is 70.5 Å². The highest BCUT2D eigenvalue weighted by Crippen LogP contribution is 2.29. The first kappa shape index (κ1) is 15.0. The van der Waals surface area contributed by atoms with Gasteiger partial charge in [0.25, 0.3) is 0 Å². The third-order valence-corrected chi connectivity index (χ3v) is 3.82. The molecule has 0 saturated carbocycles. The van der Waals surface area contributed by atoms with Gasteiger partial charge in [-0.15, -0.1) is 0 Å². The van der Waals surface area contributed by atoms with Gasteiger partial charge in [0.1, 0.15) is 5.82 Å². The second-order valence-corrected chi connectivity index (χ2v) is 5.30. The van der Waals surface area contributed by atoms with Gasteiger partial charge in [-0.25, -0.2) is 4.39 Å². The molecule has 4 heteroatoms. The standard InChI is InChI=1S/C16H16ClFO2/c17-14-7-6-12(8-15(14)18)9-16(10-19,11-20)13-4-2-1-3-5-13/h1-8,19-20H,9-11H2. The predicted octanol–water partition coefficient (Wildman–Crippen LogP) is 2.94. The third kappa shape index (κ3) is 3.01. The smallest absolute Gasteiger partial charge is 0.142 e. The molecule has 0 aliphatic carbocycles. The van der Waals surface area contributed by atoms with Crippen LogP contribution in [-0.4, -0.2) is 23.4 Å². The number of hydrogen-bond acceptors (Lipinski definition) is 2. The van der Waals surface area contributed by atoms with E-state index in [1.807, 2.05) is 30.3 Å². The molecule has 0 radical (unpaired) electrons. The van der Waals surface area contributed by atoms with Crippen molar-refractivity contribution in [1.82, 2.24) is 0 Å². The SMILES string of the molecule is OCC(CO)(Cc1ccc(Cl)c(F)c1)c1ccccc1. The van der Waals surface area contributed by atoms with Gasteiger partial charge < -0.3 is 10.2 Å². The molecule has 0 spiro atoms. The Hall–Kier alpha value is -1.42. The molecule has 2 nitrogen and oxygen atoms in total. The number of hydrogen-bond donors (Lipinski definition) is 2. The second kappa shape index (κ2) is 6.35. The van der Waals surface area contributed by atoms with Crippen molar-refractivity contribution in [2.24, 2.45) is 0 Å². The maximum Gasteiger partial charge on any atom is 0.142 e. The van der Waals surface area contributed by atoms with Gasteiger partial charge in [0.2, 0.25) is 0 Å². The Kier molecular flexibility index (Phi) is 4.76. The van der Waals surface area contributed by atoms with Crippen molar-refractivity contribution in [2.75, 3.05) is 13.2 Å². The van der Waals surface area contributed by atoms with Crippen LogP contribution in [-0.2, 0) is 11.8 Å². The molecule has 0 unspecified atom stereocenters. The molecule has 0 aliphatic heterocycles. The van der Waals surface area contributed by atoms with Crippen LogP contribution >= 0.6 is 11.6 Å². The number of rotatable bonds is 5. The molecule has 0 atom stereocenters. The van der Waals surface area contributed by atoms with E-state index in [-0.39, 0.29) is 18.2 Å². The highest BCUT2D eigenvalue weighted by Gasteiger charge is 2.31. The van der Waals surface area contributed by atoms with Crippen molar-refractivity contribution in [3.8, 4) is 0 Å². The fourth-order valence-corrected chi connectivity index (χ4v) is 2.40. The van der Waals surface area contributed by atoms with Crippen LogP contribution in [0.1, 0.15) is 11.1 Å². The first-order valence-corrected chi connectivity index (χ1v) is 6.70. The summed E-state index contributed by atoms with van der Waals surface area (Å²) in [5.74, 6) is -0.498. The Morgan fingerprint density at radius 2 is 1.65 bits per heavy atom. The number of aliphatic hydroxyl groups is 2. The molecule has 2 N–H and O–H groups in total. The van der Waals surface area contributed by atoms with Crippen LogP contribution in [0.25, 0.3) is 0 Å². The molecule has 0 heterocycles. The minimum atomic E-state index is -0.832. The lowest BCUT2D eigenvalue weighted by Gasteiger charge is -2.30. The molecule has 0 aromatic heterocycles. The largest absolute Gasteiger partial charge is 0.395 e. The Labute approximate surface area is 122 Å². The van der Waals surface area contributed by atoms with Crippen molar-refractivity contribution < 1.29 is 14.6 Å². The average molecular weight is 295 g/mol. The molecule has 20 heavy (non-hydrogen) atoms. The zero-order chi connectivity index (χ0) is 14.6. The molecule has 0 fully saturated rings. The first-order chi connectivity index (χ1) is 9.61. The topological polar surface area (TPSA) is 40.5 Å². The molecule has 0 bridgehead atoms. The van der Waals surface area contributed by atoms with Crippen LogP contribution in [0.2, 0.25) is 5.02 Å². The van der Waals surface area contributed by atoms with Crippen molar-refractivity contribution >= 4 is 11.6 Å². The van der Waals surface area contributed by atoms with Crippen molar-refractivity contribution in [2.45, 2.75) is 11.8 Å². The summed E-state index contributed by atoms with van der Waals surface area (Å²) >= 11 is 5.66. The van der Waals surface area contributed by atoms with E-state index in [9.17, 15) is 14.6 Å². The van der Waals surface area contributed by atoms with E-state index in [0.29, 0.717) is 12.0 Å². The summed E-state index contributed by atoms with van der Waals surface area (Å²) < 4.78 is 13.5. The van der Waals surface area contributed by atoms with Crippen LogP contribution in [0.15, 0.2) is 48.5 Å². The molecular formula is C16H16ClFO2. The van der Waals surface area contributed by atoms with Crippen LogP contribution in [0.5, 0.6) is 0 Å². The van der Waals surface area contributed by atoms with E-state index < -0.39 is 11.2 Å². The highest BCUT2D eigenvalue weighted by atomic mass is 35.5. The van der Waals surface area contributed by atoms with Gasteiger partial charge in [-0.05, 0) is 29.7 Å². The molecular weight excluding hydrogens is 279 g/mol. The Morgan fingerprint density at radius 1 is 1.00 bits per heavy atom. The summed E-state index contributed by atoms with van der Waals surface area (Å²) in [6.07, 6.45) is 0.331. The van der Waals surface area contributed by atoms with Gasteiger partial charge in [0, 0.05) is 5.41 Å². The van der Waals surface area contributed by atoms with E-state index >= 15 is 0 Å². The van der Waals surface area contributed by atoms with Crippen LogP contribution in [0.4, 0.5) is 4.39 Å². The monoisotopic (exact) mass is 294 g/mol. The van der Waals surface area contributed by atoms with Gasteiger partial charge in [0.15, 0.2) is 0 Å². The summed E-state index contributed by atoms with van der Waals surface area (Å²) in [6, 6.07) is 13.8. The van der Waals surface area contributed by atoms with Gasteiger partial charge in [-0.2, -0.15) is 0 Å². The summed E-state index contributed by atoms with van der Waals surface area (Å²) in [5, 5.41) is 19.5. The minimum absolute atomic E-state index is 0.0621. The van der Waals surface area contributed by atoms with Gasteiger partial charge in [0.05, 0.1) is 18.2 Å². The van der Waals surface area contributed by atoms with Gasteiger partial charge >= 0.3 is 0 Å². The van der Waals surface area contributed by atoms with Crippen LogP contribution < -0.4 is 0 Å². The zero-order valence-corrected chi connectivity index (χ0v) is 11.6. The molecule has 0 saturated heterocycles. The van der Waals surface area contributed by atoms with E-state index in [1.54, 1.807) is 6.07 Å². The van der Waals surface area contributed by atoms with E-state index in [1.165, 1.54) is 12.1 Å². The molecule has 0 amide bonds. The maximum atomic E-state index is 13.5. The number of halogens is 2. The zero-order valence-electron chi connectivity index (χ0n) is 10.9. The third-order valence-electron chi connectivity index (χ3n) is 3.52. The van der Waals surface area contributed by atoms with E-state index in [0.717, 1.165) is 5.56 Å². The Bertz CT molecular complexity index is 568. The fraction of sp³-hybridized carbons (Fsp3) is 0.250. The Morgan fingerprint density at radius 3 is 2.20 bits per heavy atom. The molecule has 2 aromatic rings. The van der Waals surface area contributed by atoms with Crippen LogP contribution in [0, 0.1) is 5.82 Å². The molecule has 106 valence electrons. The lowest BCUT2D eigenvalue weighted by atomic mass is 9.77. The average Bonchev–Trinajstić information content (AvgIpc) is 2.49.